The van der Waals surface area contributed by atoms with Crippen LogP contribution in [0.4, 0.5) is 0 Å². The van der Waals surface area contributed by atoms with E-state index in [4.69, 9.17) is 33.0 Å². The molecular formula is C10H8Cl2O3. The Kier molecular flexibility index (Phi) is 3.61. The van der Waals surface area contributed by atoms with Crippen molar-refractivity contribution in [2.24, 2.45) is 0 Å². The second-order valence-electron chi connectivity index (χ2n) is 2.73. The van der Waals surface area contributed by atoms with Crippen LogP contribution in [-0.4, -0.2) is 18.2 Å². The summed E-state index contributed by atoms with van der Waals surface area (Å²) in [5.74, 6) is -0.748. The van der Waals surface area contributed by atoms with Gasteiger partial charge >= 0.3 is 5.97 Å². The maximum Gasteiger partial charge on any atom is 0.335 e. The smallest absolute Gasteiger partial charge is 0.335 e. The summed E-state index contributed by atoms with van der Waals surface area (Å²) in [6.45, 7) is 3.40. The van der Waals surface area contributed by atoms with E-state index in [-0.39, 0.29) is 21.2 Å². The minimum atomic E-state index is -1.14. The Balaban J connectivity index is 3.29. The van der Waals surface area contributed by atoms with E-state index in [1.54, 1.807) is 0 Å². The van der Waals surface area contributed by atoms with Gasteiger partial charge in [0.2, 0.25) is 0 Å². The Labute approximate surface area is 96.9 Å². The summed E-state index contributed by atoms with van der Waals surface area (Å²) >= 11 is 11.7. The lowest BCUT2D eigenvalue weighted by atomic mass is 10.1. The van der Waals surface area contributed by atoms with Gasteiger partial charge in [-0.15, -0.1) is 0 Å². The lowest BCUT2D eigenvalue weighted by molar-refractivity contribution is -0.130. The second kappa shape index (κ2) is 4.55. The predicted molar refractivity (Wildman–Crippen MR) is 59.7 cm³/mol. The van der Waals surface area contributed by atoms with Gasteiger partial charge in [-0.25, -0.2) is 4.79 Å². The maximum absolute atomic E-state index is 10.7. The van der Waals surface area contributed by atoms with Crippen LogP contribution in [0.5, 0.6) is 5.75 Å². The summed E-state index contributed by atoms with van der Waals surface area (Å²) in [7, 11) is 1.45. The number of rotatable bonds is 3. The van der Waals surface area contributed by atoms with E-state index >= 15 is 0 Å². The molecule has 0 saturated heterocycles. The molecule has 0 unspecified atom stereocenters. The fourth-order valence-corrected chi connectivity index (χ4v) is 1.55. The van der Waals surface area contributed by atoms with Gasteiger partial charge in [0, 0.05) is 5.56 Å². The highest BCUT2D eigenvalue weighted by molar-refractivity contribution is 6.44. The number of carboxylic acid groups (broad SMARTS) is 1. The molecule has 0 aliphatic rings. The maximum atomic E-state index is 10.7. The Morgan fingerprint density at radius 1 is 1.40 bits per heavy atom. The van der Waals surface area contributed by atoms with Gasteiger partial charge in [-0.3, -0.25) is 0 Å². The van der Waals surface area contributed by atoms with Gasteiger partial charge in [0.1, 0.15) is 10.8 Å². The summed E-state index contributed by atoms with van der Waals surface area (Å²) < 4.78 is 4.93. The van der Waals surface area contributed by atoms with Crippen LogP contribution < -0.4 is 4.74 Å². The third-order valence-corrected chi connectivity index (χ3v) is 2.71. The molecule has 80 valence electrons. The molecule has 0 aliphatic heterocycles. The molecule has 0 aromatic heterocycles. The standard InChI is InChI=1S/C10H8Cl2O3/c1-5(10(13)14)6-3-4-7(15-2)9(12)8(6)11/h3-4H,1H2,2H3,(H,13,14). The molecule has 0 bridgehead atoms. The first kappa shape index (κ1) is 11.9. The lowest BCUT2D eigenvalue weighted by Gasteiger charge is -2.09. The molecule has 0 saturated carbocycles. The molecular weight excluding hydrogens is 239 g/mol. The number of hydrogen-bond donors (Lipinski definition) is 1. The van der Waals surface area contributed by atoms with Gasteiger partial charge in [-0.2, -0.15) is 0 Å². The molecule has 0 fully saturated rings. The molecule has 1 N–H and O–H groups in total. The van der Waals surface area contributed by atoms with Gasteiger partial charge in [-0.1, -0.05) is 29.8 Å². The number of benzene rings is 1. The highest BCUT2D eigenvalue weighted by atomic mass is 35.5. The molecule has 3 nitrogen and oxygen atoms in total. The average molecular weight is 247 g/mol. The van der Waals surface area contributed by atoms with Crippen molar-refractivity contribution in [3.05, 3.63) is 34.3 Å². The van der Waals surface area contributed by atoms with Crippen LogP contribution in [0.2, 0.25) is 10.0 Å². The van der Waals surface area contributed by atoms with E-state index in [9.17, 15) is 4.79 Å². The minimum Gasteiger partial charge on any atom is -0.495 e. The van der Waals surface area contributed by atoms with E-state index in [2.05, 4.69) is 6.58 Å². The molecule has 1 aromatic carbocycles. The lowest BCUT2D eigenvalue weighted by Crippen LogP contribution is -1.99. The SMILES string of the molecule is C=C(C(=O)O)c1ccc(OC)c(Cl)c1Cl. The van der Waals surface area contributed by atoms with Gasteiger partial charge < -0.3 is 9.84 Å². The minimum absolute atomic E-state index is 0.107. The zero-order valence-corrected chi connectivity index (χ0v) is 9.39. The molecule has 0 amide bonds. The van der Waals surface area contributed by atoms with E-state index in [0.29, 0.717) is 5.75 Å². The predicted octanol–water partition coefficient (Wildman–Crippen LogP) is 3.10. The largest absolute Gasteiger partial charge is 0.495 e. The van der Waals surface area contributed by atoms with Crippen LogP contribution in [0.15, 0.2) is 18.7 Å². The van der Waals surface area contributed by atoms with Crippen LogP contribution in [0.25, 0.3) is 5.57 Å². The van der Waals surface area contributed by atoms with Crippen LogP contribution in [0.3, 0.4) is 0 Å². The number of aliphatic carboxylic acids is 1. The third-order valence-electron chi connectivity index (χ3n) is 1.85. The Bertz CT molecular complexity index is 427. The fourth-order valence-electron chi connectivity index (χ4n) is 1.04. The van der Waals surface area contributed by atoms with Crippen molar-refractivity contribution >= 4 is 34.7 Å². The Morgan fingerprint density at radius 2 is 2.00 bits per heavy atom. The quantitative estimate of drug-likeness (QED) is 0.834. The average Bonchev–Trinajstić information content (AvgIpc) is 2.21. The molecule has 0 heterocycles. The first-order valence-electron chi connectivity index (χ1n) is 3.93. The first-order valence-corrected chi connectivity index (χ1v) is 4.69. The summed E-state index contributed by atoms with van der Waals surface area (Å²) in [6.07, 6.45) is 0. The normalized spacial score (nSPS) is 9.80. The molecule has 1 aromatic rings. The third kappa shape index (κ3) is 2.25. The summed E-state index contributed by atoms with van der Waals surface area (Å²) in [6, 6.07) is 3.04. The van der Waals surface area contributed by atoms with Crippen molar-refractivity contribution in [1.82, 2.24) is 0 Å². The van der Waals surface area contributed by atoms with Crippen molar-refractivity contribution < 1.29 is 14.6 Å². The van der Waals surface area contributed by atoms with Crippen LogP contribution >= 0.6 is 23.2 Å². The summed E-state index contributed by atoms with van der Waals surface area (Å²) in [5.41, 5.74) is 0.180. The van der Waals surface area contributed by atoms with E-state index in [1.807, 2.05) is 0 Å². The summed E-state index contributed by atoms with van der Waals surface area (Å²) in [4.78, 5) is 10.7. The number of carbonyl (C=O) groups is 1. The molecule has 0 aliphatic carbocycles. The first-order chi connectivity index (χ1) is 6.99. The highest BCUT2D eigenvalue weighted by Crippen LogP contribution is 2.36. The Hall–Kier alpha value is -1.19. The van der Waals surface area contributed by atoms with Crippen LogP contribution in [0.1, 0.15) is 5.56 Å². The molecule has 5 heteroatoms. The van der Waals surface area contributed by atoms with Gasteiger partial charge in [0.25, 0.3) is 0 Å². The van der Waals surface area contributed by atoms with Crippen molar-refractivity contribution in [2.75, 3.05) is 7.11 Å². The van der Waals surface area contributed by atoms with Gasteiger partial charge in [0.05, 0.1) is 17.7 Å². The van der Waals surface area contributed by atoms with Crippen molar-refractivity contribution in [2.45, 2.75) is 0 Å². The monoisotopic (exact) mass is 246 g/mol. The van der Waals surface area contributed by atoms with Crippen LogP contribution in [-0.2, 0) is 4.79 Å². The van der Waals surface area contributed by atoms with E-state index in [1.165, 1.54) is 19.2 Å². The molecule has 15 heavy (non-hydrogen) atoms. The van der Waals surface area contributed by atoms with Crippen molar-refractivity contribution in [1.29, 1.82) is 0 Å². The summed E-state index contributed by atoms with van der Waals surface area (Å²) in [5, 5.41) is 9.05. The van der Waals surface area contributed by atoms with Crippen molar-refractivity contribution in [3.8, 4) is 5.75 Å². The fraction of sp³-hybridized carbons (Fsp3) is 0.100. The van der Waals surface area contributed by atoms with E-state index in [0.717, 1.165) is 0 Å². The topological polar surface area (TPSA) is 46.5 Å². The molecule has 1 rings (SSSR count). The molecule has 0 atom stereocenters. The van der Waals surface area contributed by atoms with Crippen molar-refractivity contribution in [3.63, 3.8) is 0 Å². The van der Waals surface area contributed by atoms with E-state index < -0.39 is 5.97 Å². The number of hydrogen-bond acceptors (Lipinski definition) is 2. The van der Waals surface area contributed by atoms with Gasteiger partial charge in [-0.05, 0) is 12.1 Å². The molecule has 0 radical (unpaired) electrons. The molecule has 0 spiro atoms. The number of methoxy groups -OCH3 is 1. The highest BCUT2D eigenvalue weighted by Gasteiger charge is 2.16. The van der Waals surface area contributed by atoms with Crippen LogP contribution in [0, 0.1) is 0 Å². The van der Waals surface area contributed by atoms with Gasteiger partial charge in [0.15, 0.2) is 0 Å². The number of carboxylic acids is 1. The zero-order chi connectivity index (χ0) is 11.6. The number of halogens is 2. The Morgan fingerprint density at radius 3 is 2.47 bits per heavy atom. The zero-order valence-electron chi connectivity index (χ0n) is 7.88. The second-order valence-corrected chi connectivity index (χ2v) is 3.48. The number of ether oxygens (including phenoxy) is 1.